The van der Waals surface area contributed by atoms with Gasteiger partial charge in [0.25, 0.3) is 0 Å². The van der Waals surface area contributed by atoms with Gasteiger partial charge < -0.3 is 10.4 Å². The van der Waals surface area contributed by atoms with E-state index in [-0.39, 0.29) is 11.3 Å². The molecule has 0 unspecified atom stereocenters. The van der Waals surface area contributed by atoms with Gasteiger partial charge in [-0.15, -0.1) is 0 Å². The zero-order chi connectivity index (χ0) is 11.5. The second-order valence-electron chi connectivity index (χ2n) is 5.62. The Hall–Kier alpha value is -0.570. The van der Waals surface area contributed by atoms with Gasteiger partial charge in [0, 0.05) is 12.0 Å². The fourth-order valence-corrected chi connectivity index (χ4v) is 2.07. The zero-order valence-electron chi connectivity index (χ0n) is 10.1. The van der Waals surface area contributed by atoms with Gasteiger partial charge in [-0.1, -0.05) is 26.2 Å². The maximum absolute atomic E-state index is 11.9. The number of hydrogen-bond donors (Lipinski definition) is 2. The van der Waals surface area contributed by atoms with Gasteiger partial charge in [0.05, 0.1) is 5.60 Å². The first-order valence-electron chi connectivity index (χ1n) is 5.84. The first-order chi connectivity index (χ1) is 6.83. The van der Waals surface area contributed by atoms with Gasteiger partial charge in [-0.25, -0.2) is 0 Å². The molecule has 0 radical (unpaired) electrons. The molecular weight excluding hydrogens is 190 g/mol. The summed E-state index contributed by atoms with van der Waals surface area (Å²) in [7, 11) is 0. The third-order valence-electron chi connectivity index (χ3n) is 3.19. The first kappa shape index (κ1) is 12.5. The van der Waals surface area contributed by atoms with Crippen molar-refractivity contribution in [3.05, 3.63) is 0 Å². The molecule has 0 aliphatic heterocycles. The summed E-state index contributed by atoms with van der Waals surface area (Å²) in [6, 6.07) is 0. The van der Waals surface area contributed by atoms with E-state index in [0.29, 0.717) is 6.54 Å². The van der Waals surface area contributed by atoms with Crippen LogP contribution in [0.4, 0.5) is 0 Å². The smallest absolute Gasteiger partial charge is 0.226 e. The topological polar surface area (TPSA) is 49.3 Å². The van der Waals surface area contributed by atoms with Gasteiger partial charge in [0.2, 0.25) is 5.91 Å². The van der Waals surface area contributed by atoms with Crippen molar-refractivity contribution in [1.82, 2.24) is 5.32 Å². The van der Waals surface area contributed by atoms with Crippen LogP contribution in [0.5, 0.6) is 0 Å². The maximum atomic E-state index is 11.9. The summed E-state index contributed by atoms with van der Waals surface area (Å²) in [6.45, 7) is 5.78. The Kier molecular flexibility index (Phi) is 3.77. The normalized spacial score (nSPS) is 21.1. The average Bonchev–Trinajstić information content (AvgIpc) is 2.14. The van der Waals surface area contributed by atoms with E-state index < -0.39 is 5.60 Å². The fourth-order valence-electron chi connectivity index (χ4n) is 2.07. The third kappa shape index (κ3) is 3.82. The molecule has 88 valence electrons. The summed E-state index contributed by atoms with van der Waals surface area (Å²) in [4.78, 5) is 11.9. The van der Waals surface area contributed by atoms with Crippen LogP contribution in [0.3, 0.4) is 0 Å². The number of hydrogen-bond acceptors (Lipinski definition) is 2. The summed E-state index contributed by atoms with van der Waals surface area (Å²) in [6.07, 6.45) is 5.49. The molecule has 1 amide bonds. The van der Waals surface area contributed by atoms with Gasteiger partial charge in [0.1, 0.15) is 0 Å². The largest absolute Gasteiger partial charge is 0.389 e. The van der Waals surface area contributed by atoms with Crippen LogP contribution in [-0.4, -0.2) is 23.2 Å². The van der Waals surface area contributed by atoms with Crippen LogP contribution in [0.25, 0.3) is 0 Å². The molecule has 2 N–H and O–H groups in total. The highest BCUT2D eigenvalue weighted by Crippen LogP contribution is 2.35. The van der Waals surface area contributed by atoms with Crippen LogP contribution in [0, 0.1) is 5.41 Å². The Morgan fingerprint density at radius 1 is 1.33 bits per heavy atom. The van der Waals surface area contributed by atoms with E-state index in [0.717, 1.165) is 25.7 Å². The van der Waals surface area contributed by atoms with Crippen molar-refractivity contribution in [3.63, 3.8) is 0 Å². The predicted molar refractivity (Wildman–Crippen MR) is 60.5 cm³/mol. The monoisotopic (exact) mass is 213 g/mol. The van der Waals surface area contributed by atoms with Crippen LogP contribution in [0.2, 0.25) is 0 Å². The molecule has 0 aromatic rings. The van der Waals surface area contributed by atoms with E-state index in [1.54, 1.807) is 13.8 Å². The summed E-state index contributed by atoms with van der Waals surface area (Å²) < 4.78 is 0. The molecule has 0 aromatic heterocycles. The quantitative estimate of drug-likeness (QED) is 0.751. The van der Waals surface area contributed by atoms with Crippen LogP contribution < -0.4 is 5.32 Å². The Balaban J connectivity index is 2.45. The SMILES string of the molecule is CC(C)(O)CNC(=O)C1(C)CCCCC1. The predicted octanol–water partition coefficient (Wildman–Crippen LogP) is 1.84. The van der Waals surface area contributed by atoms with Gasteiger partial charge in [-0.2, -0.15) is 0 Å². The minimum atomic E-state index is -0.819. The van der Waals surface area contributed by atoms with E-state index in [1.807, 2.05) is 6.92 Å². The highest BCUT2D eigenvalue weighted by Gasteiger charge is 2.34. The molecule has 1 saturated carbocycles. The van der Waals surface area contributed by atoms with E-state index in [4.69, 9.17) is 0 Å². The number of aliphatic hydroxyl groups is 1. The molecule has 0 bridgehead atoms. The van der Waals surface area contributed by atoms with E-state index in [1.165, 1.54) is 6.42 Å². The summed E-state index contributed by atoms with van der Waals surface area (Å²) >= 11 is 0. The standard InChI is InChI=1S/C12H23NO2/c1-11(2,15)9-13-10(14)12(3)7-5-4-6-8-12/h15H,4-9H2,1-3H3,(H,13,14). The molecule has 0 heterocycles. The molecule has 0 spiro atoms. The average molecular weight is 213 g/mol. The number of rotatable bonds is 3. The minimum absolute atomic E-state index is 0.101. The van der Waals surface area contributed by atoms with Gasteiger partial charge >= 0.3 is 0 Å². The van der Waals surface area contributed by atoms with Crippen molar-refractivity contribution in [1.29, 1.82) is 0 Å². The Morgan fingerprint density at radius 2 is 1.87 bits per heavy atom. The number of nitrogens with one attached hydrogen (secondary N) is 1. The zero-order valence-corrected chi connectivity index (χ0v) is 10.1. The highest BCUT2D eigenvalue weighted by atomic mass is 16.3. The summed E-state index contributed by atoms with van der Waals surface area (Å²) in [5.74, 6) is 0.101. The third-order valence-corrected chi connectivity index (χ3v) is 3.19. The Morgan fingerprint density at radius 3 is 2.33 bits per heavy atom. The number of amides is 1. The lowest BCUT2D eigenvalue weighted by atomic mass is 9.75. The number of carbonyl (C=O) groups is 1. The molecule has 1 aliphatic rings. The lowest BCUT2D eigenvalue weighted by molar-refractivity contribution is -0.132. The van der Waals surface area contributed by atoms with Gasteiger partial charge in [-0.05, 0) is 26.7 Å². The minimum Gasteiger partial charge on any atom is -0.389 e. The highest BCUT2D eigenvalue weighted by molar-refractivity contribution is 5.82. The lowest BCUT2D eigenvalue weighted by Crippen LogP contribution is -2.45. The first-order valence-corrected chi connectivity index (χ1v) is 5.84. The number of carbonyl (C=O) groups excluding carboxylic acids is 1. The van der Waals surface area contributed by atoms with Crippen molar-refractivity contribution in [2.24, 2.45) is 5.41 Å². The van der Waals surface area contributed by atoms with Crippen molar-refractivity contribution < 1.29 is 9.90 Å². The van der Waals surface area contributed by atoms with Crippen molar-refractivity contribution in [2.45, 2.75) is 58.5 Å². The fraction of sp³-hybridized carbons (Fsp3) is 0.917. The molecule has 1 fully saturated rings. The van der Waals surface area contributed by atoms with E-state index in [9.17, 15) is 9.90 Å². The van der Waals surface area contributed by atoms with Gasteiger partial charge in [0.15, 0.2) is 0 Å². The molecule has 0 saturated heterocycles. The molecule has 1 rings (SSSR count). The lowest BCUT2D eigenvalue weighted by Gasteiger charge is -2.33. The molecule has 15 heavy (non-hydrogen) atoms. The van der Waals surface area contributed by atoms with Crippen LogP contribution in [0.1, 0.15) is 52.9 Å². The second kappa shape index (κ2) is 4.52. The van der Waals surface area contributed by atoms with Crippen molar-refractivity contribution in [2.75, 3.05) is 6.54 Å². The summed E-state index contributed by atoms with van der Waals surface area (Å²) in [5.41, 5.74) is -1.02. The maximum Gasteiger partial charge on any atom is 0.226 e. The summed E-state index contributed by atoms with van der Waals surface area (Å²) in [5, 5.41) is 12.4. The van der Waals surface area contributed by atoms with Crippen molar-refractivity contribution in [3.8, 4) is 0 Å². The van der Waals surface area contributed by atoms with Crippen molar-refractivity contribution >= 4 is 5.91 Å². The Bertz CT molecular complexity index is 224. The van der Waals surface area contributed by atoms with Crippen LogP contribution in [0.15, 0.2) is 0 Å². The molecule has 1 aliphatic carbocycles. The molecule has 3 heteroatoms. The molecule has 0 atom stereocenters. The second-order valence-corrected chi connectivity index (χ2v) is 5.62. The van der Waals surface area contributed by atoms with E-state index >= 15 is 0 Å². The van der Waals surface area contributed by atoms with Crippen LogP contribution in [-0.2, 0) is 4.79 Å². The Labute approximate surface area is 92.3 Å². The molecule has 0 aromatic carbocycles. The molecule has 3 nitrogen and oxygen atoms in total. The molecular formula is C12H23NO2. The van der Waals surface area contributed by atoms with E-state index in [2.05, 4.69) is 5.32 Å². The van der Waals surface area contributed by atoms with Crippen LogP contribution >= 0.6 is 0 Å². The van der Waals surface area contributed by atoms with Gasteiger partial charge in [-0.3, -0.25) is 4.79 Å².